The van der Waals surface area contributed by atoms with E-state index in [0.29, 0.717) is 18.3 Å². The van der Waals surface area contributed by atoms with Gasteiger partial charge in [0.1, 0.15) is 5.75 Å². The quantitative estimate of drug-likeness (QED) is 0.751. The Morgan fingerprint density at radius 3 is 2.21 bits per heavy atom. The van der Waals surface area contributed by atoms with E-state index in [9.17, 15) is 0 Å². The molecule has 0 aliphatic carbocycles. The summed E-state index contributed by atoms with van der Waals surface area (Å²) in [6.45, 7) is 4.29. The van der Waals surface area contributed by atoms with Crippen molar-refractivity contribution in [3.8, 4) is 5.75 Å². The minimum Gasteiger partial charge on any atom is -0.494 e. The fourth-order valence-corrected chi connectivity index (χ4v) is 2.48. The molecule has 0 bridgehead atoms. The van der Waals surface area contributed by atoms with Gasteiger partial charge in [0, 0.05) is 18.8 Å². The van der Waals surface area contributed by atoms with E-state index in [1.54, 1.807) is 0 Å². The van der Waals surface area contributed by atoms with E-state index in [2.05, 4.69) is 53.9 Å². The second kappa shape index (κ2) is 9.25. The van der Waals surface area contributed by atoms with E-state index >= 15 is 0 Å². The molecule has 0 heterocycles. The molecule has 0 unspecified atom stereocenters. The molecular weight excluding hydrogens is 318 g/mol. The summed E-state index contributed by atoms with van der Waals surface area (Å²) in [5.41, 5.74) is 3.45. The Morgan fingerprint density at radius 1 is 1.00 bits per heavy atom. The van der Waals surface area contributed by atoms with Crippen molar-refractivity contribution in [1.29, 1.82) is 0 Å². The smallest absolute Gasteiger partial charge is 0.171 e. The van der Waals surface area contributed by atoms with Crippen LogP contribution in [0, 0.1) is 0 Å². The van der Waals surface area contributed by atoms with Crippen molar-refractivity contribution < 1.29 is 4.74 Å². The van der Waals surface area contributed by atoms with Gasteiger partial charge in [-0.3, -0.25) is 0 Å². The lowest BCUT2D eigenvalue weighted by Crippen LogP contribution is -2.27. The molecule has 2 N–H and O–H groups in total. The van der Waals surface area contributed by atoms with E-state index in [1.165, 1.54) is 11.1 Å². The second-order valence-electron chi connectivity index (χ2n) is 5.82. The Kier molecular flexibility index (Phi) is 7.03. The molecule has 0 amide bonds. The summed E-state index contributed by atoms with van der Waals surface area (Å²) in [5.74, 6) is 0.861. The van der Waals surface area contributed by atoms with Crippen LogP contribution in [-0.2, 0) is 13.1 Å². The minimum atomic E-state index is 0.608. The highest BCUT2D eigenvalue weighted by atomic mass is 32.1. The Labute approximate surface area is 149 Å². The lowest BCUT2D eigenvalue weighted by Gasteiger charge is -2.12. The molecular formula is C19H25N3OS. The molecule has 0 aromatic heterocycles. The predicted molar refractivity (Wildman–Crippen MR) is 105 cm³/mol. The van der Waals surface area contributed by atoms with Gasteiger partial charge in [-0.2, -0.15) is 0 Å². The van der Waals surface area contributed by atoms with Crippen LogP contribution < -0.4 is 15.4 Å². The van der Waals surface area contributed by atoms with Gasteiger partial charge in [0.25, 0.3) is 0 Å². The predicted octanol–water partition coefficient (Wildman–Crippen LogP) is 3.63. The minimum absolute atomic E-state index is 0.608. The van der Waals surface area contributed by atoms with Gasteiger partial charge in [-0.25, -0.2) is 0 Å². The van der Waals surface area contributed by atoms with Gasteiger partial charge in [-0.1, -0.05) is 24.3 Å². The first-order valence-corrected chi connectivity index (χ1v) is 8.48. The lowest BCUT2D eigenvalue weighted by molar-refractivity contribution is 0.340. The van der Waals surface area contributed by atoms with Gasteiger partial charge in [-0.05, 0) is 68.6 Å². The number of nitrogens with zero attached hydrogens (tertiary/aromatic N) is 1. The van der Waals surface area contributed by atoms with Crippen LogP contribution in [0.2, 0.25) is 0 Å². The third kappa shape index (κ3) is 6.18. The summed E-state index contributed by atoms with van der Waals surface area (Å²) in [7, 11) is 4.14. The van der Waals surface area contributed by atoms with E-state index in [4.69, 9.17) is 17.0 Å². The maximum absolute atomic E-state index is 5.43. The summed E-state index contributed by atoms with van der Waals surface area (Å²) >= 11 is 5.34. The molecule has 0 atom stereocenters. The molecule has 5 heteroatoms. The van der Waals surface area contributed by atoms with Crippen LogP contribution in [0.4, 0.5) is 5.69 Å². The molecule has 2 aromatic carbocycles. The zero-order valence-corrected chi connectivity index (χ0v) is 15.3. The number of hydrogen-bond donors (Lipinski definition) is 2. The van der Waals surface area contributed by atoms with Crippen molar-refractivity contribution in [1.82, 2.24) is 10.2 Å². The average molecular weight is 343 g/mol. The van der Waals surface area contributed by atoms with Crippen LogP contribution in [0.1, 0.15) is 18.1 Å². The summed E-state index contributed by atoms with van der Waals surface area (Å²) in [5, 5.41) is 7.01. The molecule has 4 nitrogen and oxygen atoms in total. The fraction of sp³-hybridized carbons (Fsp3) is 0.316. The maximum atomic E-state index is 5.43. The fourth-order valence-electron chi connectivity index (χ4n) is 2.29. The maximum Gasteiger partial charge on any atom is 0.171 e. The van der Waals surface area contributed by atoms with Crippen molar-refractivity contribution in [2.75, 3.05) is 26.0 Å². The molecule has 2 rings (SSSR count). The van der Waals surface area contributed by atoms with Gasteiger partial charge in [-0.15, -0.1) is 0 Å². The summed E-state index contributed by atoms with van der Waals surface area (Å²) < 4.78 is 5.43. The van der Waals surface area contributed by atoms with Crippen molar-refractivity contribution in [3.05, 3.63) is 59.7 Å². The Bertz CT molecular complexity index is 639. The number of anilines is 1. The SMILES string of the molecule is CCOc1ccc(NC(=S)NCc2ccc(CN(C)C)cc2)cc1. The molecule has 128 valence electrons. The number of ether oxygens (including phenoxy) is 1. The van der Waals surface area contributed by atoms with Crippen molar-refractivity contribution >= 4 is 23.0 Å². The largest absolute Gasteiger partial charge is 0.494 e. The molecule has 2 aromatic rings. The topological polar surface area (TPSA) is 36.5 Å². The second-order valence-corrected chi connectivity index (χ2v) is 6.23. The normalized spacial score (nSPS) is 10.5. The molecule has 0 aliphatic rings. The zero-order chi connectivity index (χ0) is 17.4. The summed E-state index contributed by atoms with van der Waals surface area (Å²) in [6, 6.07) is 16.3. The van der Waals surface area contributed by atoms with E-state index in [0.717, 1.165) is 18.0 Å². The first kappa shape index (κ1) is 18.2. The Hall–Kier alpha value is -2.11. The molecule has 24 heavy (non-hydrogen) atoms. The van der Waals surface area contributed by atoms with Crippen molar-refractivity contribution in [3.63, 3.8) is 0 Å². The average Bonchev–Trinajstić information content (AvgIpc) is 2.56. The molecule has 0 fully saturated rings. The highest BCUT2D eigenvalue weighted by molar-refractivity contribution is 7.80. The van der Waals surface area contributed by atoms with Crippen LogP contribution in [0.15, 0.2) is 48.5 Å². The van der Waals surface area contributed by atoms with Crippen LogP contribution in [-0.4, -0.2) is 30.7 Å². The van der Waals surface area contributed by atoms with Crippen LogP contribution in [0.25, 0.3) is 0 Å². The number of rotatable bonds is 7. The van der Waals surface area contributed by atoms with Gasteiger partial charge in [0.15, 0.2) is 5.11 Å². The lowest BCUT2D eigenvalue weighted by atomic mass is 10.1. The van der Waals surface area contributed by atoms with Gasteiger partial charge < -0.3 is 20.3 Å². The first-order valence-electron chi connectivity index (χ1n) is 8.07. The number of thiocarbonyl (C=S) groups is 1. The molecule has 0 radical (unpaired) electrons. The number of hydrogen-bond acceptors (Lipinski definition) is 3. The van der Waals surface area contributed by atoms with Gasteiger partial charge >= 0.3 is 0 Å². The van der Waals surface area contributed by atoms with E-state index in [1.807, 2.05) is 31.2 Å². The summed E-state index contributed by atoms with van der Waals surface area (Å²) in [6.07, 6.45) is 0. The molecule has 0 aliphatic heterocycles. The molecule has 0 saturated heterocycles. The highest BCUT2D eigenvalue weighted by Gasteiger charge is 2.00. The van der Waals surface area contributed by atoms with Crippen LogP contribution in [0.3, 0.4) is 0 Å². The summed E-state index contributed by atoms with van der Waals surface area (Å²) in [4.78, 5) is 2.16. The van der Waals surface area contributed by atoms with Gasteiger partial charge in [0.05, 0.1) is 6.61 Å². The third-order valence-corrected chi connectivity index (χ3v) is 3.64. The standard InChI is InChI=1S/C19H25N3OS/c1-4-23-18-11-9-17(10-12-18)21-19(24)20-13-15-5-7-16(8-6-15)14-22(2)3/h5-12H,4,13-14H2,1-3H3,(H2,20,21,24). The van der Waals surface area contributed by atoms with Crippen molar-refractivity contribution in [2.45, 2.75) is 20.0 Å². The number of benzene rings is 2. The first-order chi connectivity index (χ1) is 11.6. The van der Waals surface area contributed by atoms with Gasteiger partial charge in [0.2, 0.25) is 0 Å². The van der Waals surface area contributed by atoms with Crippen LogP contribution >= 0.6 is 12.2 Å². The molecule has 0 saturated carbocycles. The Balaban J connectivity index is 1.80. The van der Waals surface area contributed by atoms with E-state index < -0.39 is 0 Å². The number of nitrogens with one attached hydrogen (secondary N) is 2. The third-order valence-electron chi connectivity index (χ3n) is 3.40. The highest BCUT2D eigenvalue weighted by Crippen LogP contribution is 2.15. The van der Waals surface area contributed by atoms with E-state index in [-0.39, 0.29) is 0 Å². The monoisotopic (exact) mass is 343 g/mol. The van der Waals surface area contributed by atoms with Crippen LogP contribution in [0.5, 0.6) is 5.75 Å². The molecule has 0 spiro atoms. The Morgan fingerprint density at radius 2 is 1.62 bits per heavy atom. The zero-order valence-electron chi connectivity index (χ0n) is 14.5. The van der Waals surface area contributed by atoms with Crippen molar-refractivity contribution in [2.24, 2.45) is 0 Å².